The van der Waals surface area contributed by atoms with Gasteiger partial charge in [0.2, 0.25) is 5.91 Å². The van der Waals surface area contributed by atoms with Gasteiger partial charge in [-0.1, -0.05) is 30.4 Å². The zero-order chi connectivity index (χ0) is 16.1. The number of hydrogen-bond acceptors (Lipinski definition) is 3. The smallest absolute Gasteiger partial charge is 0.252 e. The lowest BCUT2D eigenvalue weighted by molar-refractivity contribution is 0.0990. The number of methoxy groups -OCH3 is 1. The van der Waals surface area contributed by atoms with Crippen molar-refractivity contribution in [3.05, 3.63) is 64.7 Å². The van der Waals surface area contributed by atoms with Crippen LogP contribution in [0.3, 0.4) is 0 Å². The fourth-order valence-corrected chi connectivity index (χ4v) is 1.97. The molecule has 5 heteroatoms. The summed E-state index contributed by atoms with van der Waals surface area (Å²) < 4.78 is 5.16. The second-order valence-corrected chi connectivity index (χ2v) is 4.64. The van der Waals surface area contributed by atoms with Gasteiger partial charge in [0.1, 0.15) is 5.75 Å². The number of primary amides is 2. The summed E-state index contributed by atoms with van der Waals surface area (Å²) in [7, 11) is 1.48. The molecule has 0 aliphatic carbocycles. The van der Waals surface area contributed by atoms with E-state index in [1.54, 1.807) is 42.5 Å². The first kappa shape index (κ1) is 15.3. The van der Waals surface area contributed by atoms with Gasteiger partial charge in [-0.25, -0.2) is 0 Å². The first-order valence-electron chi connectivity index (χ1n) is 6.57. The zero-order valence-corrected chi connectivity index (χ0v) is 12.1. The first-order valence-corrected chi connectivity index (χ1v) is 6.57. The summed E-state index contributed by atoms with van der Waals surface area (Å²) >= 11 is 0. The Balaban J connectivity index is 2.22. The van der Waals surface area contributed by atoms with E-state index in [1.807, 2.05) is 12.2 Å². The molecule has 0 saturated carbocycles. The maximum Gasteiger partial charge on any atom is 0.252 e. The normalized spacial score (nSPS) is 10.6. The van der Waals surface area contributed by atoms with Gasteiger partial charge in [-0.15, -0.1) is 0 Å². The van der Waals surface area contributed by atoms with Gasteiger partial charge >= 0.3 is 0 Å². The lowest BCUT2D eigenvalue weighted by atomic mass is 10.1. The minimum absolute atomic E-state index is 0.338. The van der Waals surface area contributed by atoms with Crippen molar-refractivity contribution in [3.63, 3.8) is 0 Å². The summed E-state index contributed by atoms with van der Waals surface area (Å²) in [6.07, 6.45) is 3.75. The largest absolute Gasteiger partial charge is 0.496 e. The van der Waals surface area contributed by atoms with Gasteiger partial charge in [0.25, 0.3) is 5.91 Å². The molecule has 5 nitrogen and oxygen atoms in total. The molecule has 0 bridgehead atoms. The number of ether oxygens (including phenoxy) is 1. The lowest BCUT2D eigenvalue weighted by Crippen LogP contribution is -2.12. The van der Waals surface area contributed by atoms with Crippen molar-refractivity contribution in [1.29, 1.82) is 0 Å². The third-order valence-corrected chi connectivity index (χ3v) is 3.15. The molecule has 4 N–H and O–H groups in total. The molecule has 22 heavy (non-hydrogen) atoms. The topological polar surface area (TPSA) is 95.4 Å². The molecular formula is C17H16N2O3. The van der Waals surface area contributed by atoms with Crippen LogP contribution in [0.1, 0.15) is 31.8 Å². The monoisotopic (exact) mass is 296 g/mol. The molecule has 0 saturated heterocycles. The van der Waals surface area contributed by atoms with E-state index in [0.717, 1.165) is 11.1 Å². The molecule has 0 atom stereocenters. The second kappa shape index (κ2) is 6.58. The maximum absolute atomic E-state index is 11.2. The highest BCUT2D eigenvalue weighted by Crippen LogP contribution is 2.21. The van der Waals surface area contributed by atoms with Crippen LogP contribution in [0.2, 0.25) is 0 Å². The predicted molar refractivity (Wildman–Crippen MR) is 85.4 cm³/mol. The van der Waals surface area contributed by atoms with E-state index in [4.69, 9.17) is 16.2 Å². The molecule has 0 unspecified atom stereocenters. The highest BCUT2D eigenvalue weighted by molar-refractivity contribution is 5.96. The number of hydrogen-bond donors (Lipinski definition) is 2. The Bertz CT molecular complexity index is 734. The highest BCUT2D eigenvalue weighted by Gasteiger charge is 2.08. The quantitative estimate of drug-likeness (QED) is 0.827. The van der Waals surface area contributed by atoms with Crippen LogP contribution in [0.4, 0.5) is 0 Å². The molecule has 112 valence electrons. The highest BCUT2D eigenvalue weighted by atomic mass is 16.5. The fraction of sp³-hybridized carbons (Fsp3) is 0.0588. The van der Waals surface area contributed by atoms with Gasteiger partial charge in [-0.3, -0.25) is 9.59 Å². The van der Waals surface area contributed by atoms with Gasteiger partial charge in [0, 0.05) is 5.56 Å². The van der Waals surface area contributed by atoms with Gasteiger partial charge in [-0.2, -0.15) is 0 Å². The van der Waals surface area contributed by atoms with Crippen LogP contribution in [0.5, 0.6) is 5.75 Å². The SMILES string of the molecule is COc1cc(C=Cc2ccc(C(N)=O)cc2)ccc1C(N)=O. The molecule has 2 amide bonds. The summed E-state index contributed by atoms with van der Waals surface area (Å²) in [6, 6.07) is 12.1. The second-order valence-electron chi connectivity index (χ2n) is 4.64. The van der Waals surface area contributed by atoms with Crippen molar-refractivity contribution in [1.82, 2.24) is 0 Å². The number of carbonyl (C=O) groups is 2. The molecule has 0 spiro atoms. The molecule has 0 fully saturated rings. The van der Waals surface area contributed by atoms with Gasteiger partial charge in [0.15, 0.2) is 0 Å². The summed E-state index contributed by atoms with van der Waals surface area (Å²) in [5.74, 6) is -0.560. The summed E-state index contributed by atoms with van der Waals surface area (Å²) in [6.45, 7) is 0. The van der Waals surface area contributed by atoms with Crippen LogP contribution in [0, 0.1) is 0 Å². The molecule has 0 radical (unpaired) electrons. The Morgan fingerprint density at radius 2 is 1.50 bits per heavy atom. The predicted octanol–water partition coefficient (Wildman–Crippen LogP) is 2.06. The minimum Gasteiger partial charge on any atom is -0.496 e. The maximum atomic E-state index is 11.2. The lowest BCUT2D eigenvalue weighted by Gasteiger charge is -2.06. The number of amides is 2. The van der Waals surface area contributed by atoms with Crippen molar-refractivity contribution in [2.45, 2.75) is 0 Å². The van der Waals surface area contributed by atoms with E-state index in [1.165, 1.54) is 7.11 Å². The van der Waals surface area contributed by atoms with Crippen molar-refractivity contribution in [2.75, 3.05) is 7.11 Å². The number of nitrogens with two attached hydrogens (primary N) is 2. The van der Waals surface area contributed by atoms with Crippen LogP contribution in [0.25, 0.3) is 12.2 Å². The Kier molecular flexibility index (Phi) is 4.58. The van der Waals surface area contributed by atoms with E-state index < -0.39 is 11.8 Å². The van der Waals surface area contributed by atoms with Crippen LogP contribution >= 0.6 is 0 Å². The average molecular weight is 296 g/mol. The first-order chi connectivity index (χ1) is 10.5. The molecule has 0 aliphatic heterocycles. The number of carbonyl (C=O) groups excluding carboxylic acids is 2. The summed E-state index contributed by atoms with van der Waals surface area (Å²) in [5, 5.41) is 0. The summed E-state index contributed by atoms with van der Waals surface area (Å²) in [5.41, 5.74) is 13.0. The van der Waals surface area contributed by atoms with Gasteiger partial charge in [0.05, 0.1) is 12.7 Å². The fourth-order valence-electron chi connectivity index (χ4n) is 1.97. The zero-order valence-electron chi connectivity index (χ0n) is 12.1. The Labute approximate surface area is 128 Å². The number of benzene rings is 2. The van der Waals surface area contributed by atoms with Gasteiger partial charge < -0.3 is 16.2 Å². The standard InChI is InChI=1S/C17H16N2O3/c1-22-15-10-12(6-9-14(15)17(19)21)3-2-11-4-7-13(8-5-11)16(18)20/h2-10H,1H3,(H2,18,20)(H2,19,21). The molecule has 0 aliphatic rings. The minimum atomic E-state index is -0.533. The van der Waals surface area contributed by atoms with Crippen LogP contribution < -0.4 is 16.2 Å². The van der Waals surface area contributed by atoms with Crippen LogP contribution in [-0.2, 0) is 0 Å². The van der Waals surface area contributed by atoms with E-state index in [0.29, 0.717) is 16.9 Å². The molecule has 0 heterocycles. The average Bonchev–Trinajstić information content (AvgIpc) is 2.52. The molecule has 2 aromatic carbocycles. The third kappa shape index (κ3) is 3.52. The molecule has 2 aromatic rings. The van der Waals surface area contributed by atoms with Crippen molar-refractivity contribution in [2.24, 2.45) is 11.5 Å². The van der Waals surface area contributed by atoms with Gasteiger partial charge in [-0.05, 0) is 35.4 Å². The van der Waals surface area contributed by atoms with Crippen LogP contribution in [0.15, 0.2) is 42.5 Å². The Morgan fingerprint density at radius 1 is 0.909 bits per heavy atom. The van der Waals surface area contributed by atoms with E-state index in [2.05, 4.69) is 0 Å². The van der Waals surface area contributed by atoms with E-state index >= 15 is 0 Å². The van der Waals surface area contributed by atoms with Crippen molar-refractivity contribution < 1.29 is 14.3 Å². The van der Waals surface area contributed by atoms with E-state index in [-0.39, 0.29) is 0 Å². The molecule has 2 rings (SSSR count). The molecular weight excluding hydrogens is 280 g/mol. The summed E-state index contributed by atoms with van der Waals surface area (Å²) in [4.78, 5) is 22.2. The number of rotatable bonds is 5. The van der Waals surface area contributed by atoms with Crippen LogP contribution in [-0.4, -0.2) is 18.9 Å². The van der Waals surface area contributed by atoms with Crippen molar-refractivity contribution >= 4 is 24.0 Å². The Hall–Kier alpha value is -3.08. The van der Waals surface area contributed by atoms with Crippen molar-refractivity contribution in [3.8, 4) is 5.75 Å². The Morgan fingerprint density at radius 3 is 2.05 bits per heavy atom. The van der Waals surface area contributed by atoms with E-state index in [9.17, 15) is 9.59 Å². The third-order valence-electron chi connectivity index (χ3n) is 3.15. The molecule has 0 aromatic heterocycles.